The third-order valence-electron chi connectivity index (χ3n) is 5.79. The van der Waals surface area contributed by atoms with E-state index in [0.29, 0.717) is 29.6 Å². The van der Waals surface area contributed by atoms with Gasteiger partial charge < -0.3 is 15.1 Å². The molecule has 1 fully saturated rings. The Bertz CT molecular complexity index is 1090. The van der Waals surface area contributed by atoms with Crippen LogP contribution in [0.5, 0.6) is 0 Å². The minimum atomic E-state index is -0.239. The molecule has 0 atom stereocenters. The average Bonchev–Trinajstić information content (AvgIpc) is 2.80. The van der Waals surface area contributed by atoms with Crippen molar-refractivity contribution in [2.75, 3.05) is 46.3 Å². The Labute approximate surface area is 182 Å². The molecule has 31 heavy (non-hydrogen) atoms. The minimum Gasteiger partial charge on any atom is -0.351 e. The van der Waals surface area contributed by atoms with Crippen molar-refractivity contribution in [1.29, 1.82) is 0 Å². The van der Waals surface area contributed by atoms with Gasteiger partial charge in [-0.25, -0.2) is 4.68 Å². The number of amides is 1. The SMILES string of the molecule is CN1CCN(CCCNC(=O)c2nn(Cc3ccccc3)c(=O)c3ccccc23)CC1. The van der Waals surface area contributed by atoms with Crippen molar-refractivity contribution in [3.8, 4) is 0 Å². The lowest BCUT2D eigenvalue weighted by atomic mass is 10.1. The summed E-state index contributed by atoms with van der Waals surface area (Å²) in [6.07, 6.45) is 0.886. The van der Waals surface area contributed by atoms with E-state index < -0.39 is 0 Å². The van der Waals surface area contributed by atoms with Gasteiger partial charge in [-0.3, -0.25) is 9.59 Å². The molecule has 1 saturated heterocycles. The van der Waals surface area contributed by atoms with Crippen LogP contribution in [0.1, 0.15) is 22.5 Å². The highest BCUT2D eigenvalue weighted by atomic mass is 16.2. The molecule has 0 spiro atoms. The fraction of sp³-hybridized carbons (Fsp3) is 0.375. The molecule has 1 aliphatic heterocycles. The van der Waals surface area contributed by atoms with Crippen LogP contribution in [0.25, 0.3) is 10.8 Å². The molecule has 0 radical (unpaired) electrons. The molecule has 7 heteroatoms. The summed E-state index contributed by atoms with van der Waals surface area (Å²) in [5.41, 5.74) is 1.07. The Morgan fingerprint density at radius 3 is 2.39 bits per heavy atom. The van der Waals surface area contributed by atoms with Crippen LogP contribution in [0.2, 0.25) is 0 Å². The number of benzene rings is 2. The number of carbonyl (C=O) groups is 1. The van der Waals surface area contributed by atoms with E-state index in [2.05, 4.69) is 27.3 Å². The fourth-order valence-corrected chi connectivity index (χ4v) is 3.93. The maximum atomic E-state index is 13.0. The van der Waals surface area contributed by atoms with E-state index in [-0.39, 0.29) is 11.5 Å². The van der Waals surface area contributed by atoms with Crippen LogP contribution in [0.3, 0.4) is 0 Å². The maximum absolute atomic E-state index is 13.0. The van der Waals surface area contributed by atoms with Gasteiger partial charge in [-0.15, -0.1) is 0 Å². The first-order valence-electron chi connectivity index (χ1n) is 10.8. The Hall–Kier alpha value is -3.03. The van der Waals surface area contributed by atoms with E-state index in [1.54, 1.807) is 12.1 Å². The van der Waals surface area contributed by atoms with E-state index in [4.69, 9.17) is 0 Å². The van der Waals surface area contributed by atoms with Crippen LogP contribution in [0.4, 0.5) is 0 Å². The molecule has 0 unspecified atom stereocenters. The third kappa shape index (κ3) is 5.18. The summed E-state index contributed by atoms with van der Waals surface area (Å²) in [5, 5.41) is 8.55. The Kier molecular flexibility index (Phi) is 6.74. The quantitative estimate of drug-likeness (QED) is 0.592. The van der Waals surface area contributed by atoms with Crippen LogP contribution in [0.15, 0.2) is 59.4 Å². The molecule has 2 aromatic carbocycles. The molecule has 2 heterocycles. The maximum Gasteiger partial charge on any atom is 0.274 e. The molecule has 1 N–H and O–H groups in total. The summed E-state index contributed by atoms with van der Waals surface area (Å²) in [6.45, 7) is 6.20. The first kappa shape index (κ1) is 21.2. The standard InChI is InChI=1S/C24H29N5O2/c1-27-14-16-28(17-15-27)13-7-12-25-23(30)22-20-10-5-6-11-21(20)24(31)29(26-22)18-19-8-3-2-4-9-19/h2-6,8-11H,7,12-18H2,1H3,(H,25,30). The number of rotatable bonds is 7. The van der Waals surface area contributed by atoms with Gasteiger partial charge in [-0.1, -0.05) is 48.5 Å². The summed E-state index contributed by atoms with van der Waals surface area (Å²) < 4.78 is 1.39. The average molecular weight is 420 g/mol. The molecule has 1 aromatic heterocycles. The summed E-state index contributed by atoms with van der Waals surface area (Å²) in [5.74, 6) is -0.239. The normalized spacial score (nSPS) is 15.3. The zero-order chi connectivity index (χ0) is 21.6. The van der Waals surface area contributed by atoms with Crippen molar-refractivity contribution >= 4 is 16.7 Å². The van der Waals surface area contributed by atoms with Gasteiger partial charge in [0.1, 0.15) is 0 Å². The van der Waals surface area contributed by atoms with E-state index in [1.807, 2.05) is 42.5 Å². The van der Waals surface area contributed by atoms with Crippen molar-refractivity contribution in [3.63, 3.8) is 0 Å². The Morgan fingerprint density at radius 1 is 0.968 bits per heavy atom. The zero-order valence-electron chi connectivity index (χ0n) is 18.0. The number of likely N-dealkylation sites (N-methyl/N-ethyl adjacent to an activating group) is 1. The molecule has 162 valence electrons. The fourth-order valence-electron chi connectivity index (χ4n) is 3.93. The lowest BCUT2D eigenvalue weighted by Gasteiger charge is -2.32. The Balaban J connectivity index is 1.47. The van der Waals surface area contributed by atoms with Gasteiger partial charge in [-0.05, 0) is 31.6 Å². The molecule has 3 aromatic rings. The van der Waals surface area contributed by atoms with Gasteiger partial charge in [0.05, 0.1) is 11.9 Å². The monoisotopic (exact) mass is 419 g/mol. The van der Waals surface area contributed by atoms with Gasteiger partial charge in [-0.2, -0.15) is 5.10 Å². The number of fused-ring (bicyclic) bond motifs is 1. The van der Waals surface area contributed by atoms with E-state index in [1.165, 1.54) is 4.68 Å². The predicted octanol–water partition coefficient (Wildman–Crippen LogP) is 1.81. The molecular formula is C24H29N5O2. The number of nitrogens with zero attached hydrogens (tertiary/aromatic N) is 4. The highest BCUT2D eigenvalue weighted by molar-refractivity contribution is 6.04. The van der Waals surface area contributed by atoms with Gasteiger partial charge in [0.25, 0.3) is 11.5 Å². The number of hydrogen-bond donors (Lipinski definition) is 1. The van der Waals surface area contributed by atoms with Crippen molar-refractivity contribution in [2.45, 2.75) is 13.0 Å². The number of carbonyl (C=O) groups excluding carboxylic acids is 1. The predicted molar refractivity (Wildman–Crippen MR) is 122 cm³/mol. The molecular weight excluding hydrogens is 390 g/mol. The molecule has 1 aliphatic rings. The molecule has 0 aliphatic carbocycles. The van der Waals surface area contributed by atoms with E-state index in [0.717, 1.165) is 44.7 Å². The highest BCUT2D eigenvalue weighted by Gasteiger charge is 2.17. The number of nitrogens with one attached hydrogen (secondary N) is 1. The summed E-state index contributed by atoms with van der Waals surface area (Å²) in [4.78, 5) is 30.6. The van der Waals surface area contributed by atoms with Gasteiger partial charge in [0, 0.05) is 38.1 Å². The highest BCUT2D eigenvalue weighted by Crippen LogP contribution is 2.14. The van der Waals surface area contributed by atoms with E-state index >= 15 is 0 Å². The number of piperazine rings is 1. The largest absolute Gasteiger partial charge is 0.351 e. The summed E-state index contributed by atoms with van der Waals surface area (Å²) >= 11 is 0. The molecule has 4 rings (SSSR count). The topological polar surface area (TPSA) is 70.5 Å². The second kappa shape index (κ2) is 9.85. The lowest BCUT2D eigenvalue weighted by molar-refractivity contribution is 0.0944. The minimum absolute atomic E-state index is 0.189. The zero-order valence-corrected chi connectivity index (χ0v) is 18.0. The van der Waals surface area contributed by atoms with Crippen molar-refractivity contribution in [1.82, 2.24) is 24.9 Å². The van der Waals surface area contributed by atoms with E-state index in [9.17, 15) is 9.59 Å². The first-order chi connectivity index (χ1) is 15.1. The lowest BCUT2D eigenvalue weighted by Crippen LogP contribution is -2.45. The van der Waals surface area contributed by atoms with Gasteiger partial charge in [0.15, 0.2) is 5.69 Å². The smallest absolute Gasteiger partial charge is 0.274 e. The first-order valence-corrected chi connectivity index (χ1v) is 10.8. The summed E-state index contributed by atoms with van der Waals surface area (Å²) in [7, 11) is 2.14. The van der Waals surface area contributed by atoms with Crippen LogP contribution in [-0.2, 0) is 6.54 Å². The van der Waals surface area contributed by atoms with Crippen molar-refractivity contribution < 1.29 is 4.79 Å². The molecule has 0 bridgehead atoms. The number of aromatic nitrogens is 2. The van der Waals surface area contributed by atoms with Crippen molar-refractivity contribution in [2.24, 2.45) is 0 Å². The Morgan fingerprint density at radius 2 is 1.65 bits per heavy atom. The van der Waals surface area contributed by atoms with Crippen LogP contribution < -0.4 is 10.9 Å². The summed E-state index contributed by atoms with van der Waals surface area (Å²) in [6, 6.07) is 16.9. The molecule has 1 amide bonds. The van der Waals surface area contributed by atoms with Gasteiger partial charge in [0.2, 0.25) is 0 Å². The second-order valence-electron chi connectivity index (χ2n) is 8.10. The van der Waals surface area contributed by atoms with Gasteiger partial charge >= 0.3 is 0 Å². The molecule has 7 nitrogen and oxygen atoms in total. The van der Waals surface area contributed by atoms with Crippen LogP contribution >= 0.6 is 0 Å². The van der Waals surface area contributed by atoms with Crippen LogP contribution in [-0.4, -0.2) is 71.8 Å². The number of hydrogen-bond acceptors (Lipinski definition) is 5. The third-order valence-corrected chi connectivity index (χ3v) is 5.79. The second-order valence-corrected chi connectivity index (χ2v) is 8.10. The van der Waals surface area contributed by atoms with Crippen molar-refractivity contribution in [3.05, 3.63) is 76.2 Å². The van der Waals surface area contributed by atoms with Crippen LogP contribution in [0, 0.1) is 0 Å². The molecule has 0 saturated carbocycles.